The fourth-order valence-electron chi connectivity index (χ4n) is 2.51. The zero-order valence-corrected chi connectivity index (χ0v) is 12.7. The molecule has 1 aliphatic heterocycles. The quantitative estimate of drug-likeness (QED) is 0.488. The summed E-state index contributed by atoms with van der Waals surface area (Å²) in [6, 6.07) is 5.96. The highest BCUT2D eigenvalue weighted by Crippen LogP contribution is 2.26. The summed E-state index contributed by atoms with van der Waals surface area (Å²) in [6.07, 6.45) is -0.276. The molecule has 0 bridgehead atoms. The van der Waals surface area contributed by atoms with Crippen LogP contribution < -0.4 is 0 Å². The molecule has 0 N–H and O–H groups in total. The predicted octanol–water partition coefficient (Wildman–Crippen LogP) is 2.45. The summed E-state index contributed by atoms with van der Waals surface area (Å²) in [5, 5.41) is 11.0. The van der Waals surface area contributed by atoms with E-state index in [-0.39, 0.29) is 29.1 Å². The highest BCUT2D eigenvalue weighted by Gasteiger charge is 2.37. The maximum Gasteiger partial charge on any atom is 0.282 e. The number of alkyl halides is 1. The standard InChI is InChI=1S/C14H17ClN2O4/c1-14(2)9-16(8-10(7-15)21-14)13(18)11-5-3-4-6-12(11)17(19)20/h3-6,10H,7-9H2,1-2H3. The first kappa shape index (κ1) is 15.7. The zero-order chi connectivity index (χ0) is 15.6. The minimum atomic E-state index is -0.544. The molecule has 1 saturated heterocycles. The largest absolute Gasteiger partial charge is 0.367 e. The van der Waals surface area contributed by atoms with E-state index in [9.17, 15) is 14.9 Å². The van der Waals surface area contributed by atoms with Crippen molar-refractivity contribution in [3.8, 4) is 0 Å². The molecule has 114 valence electrons. The molecule has 2 rings (SSSR count). The molecule has 1 aromatic carbocycles. The third kappa shape index (κ3) is 3.51. The maximum atomic E-state index is 12.6. The second-order valence-electron chi connectivity index (χ2n) is 5.61. The summed E-state index contributed by atoms with van der Waals surface area (Å²) >= 11 is 5.83. The van der Waals surface area contributed by atoms with Crippen molar-refractivity contribution in [2.45, 2.75) is 25.6 Å². The average molecular weight is 313 g/mol. The Morgan fingerprint density at radius 3 is 2.81 bits per heavy atom. The molecule has 1 unspecified atom stereocenters. The molecule has 0 spiro atoms. The van der Waals surface area contributed by atoms with Crippen molar-refractivity contribution < 1.29 is 14.5 Å². The maximum absolute atomic E-state index is 12.6. The van der Waals surface area contributed by atoms with Crippen LogP contribution in [0.5, 0.6) is 0 Å². The van der Waals surface area contributed by atoms with Gasteiger partial charge in [-0.15, -0.1) is 11.6 Å². The summed E-state index contributed by atoms with van der Waals surface area (Å²) in [5.41, 5.74) is -0.625. The van der Waals surface area contributed by atoms with Gasteiger partial charge >= 0.3 is 0 Å². The van der Waals surface area contributed by atoms with Crippen molar-refractivity contribution in [2.24, 2.45) is 0 Å². The van der Waals surface area contributed by atoms with Crippen molar-refractivity contribution in [3.63, 3.8) is 0 Å². The highest BCUT2D eigenvalue weighted by atomic mass is 35.5. The first-order valence-corrected chi connectivity index (χ1v) is 7.14. The number of nitrogens with zero attached hydrogens (tertiary/aromatic N) is 2. The number of nitro groups is 1. The lowest BCUT2D eigenvalue weighted by molar-refractivity contribution is -0.385. The van der Waals surface area contributed by atoms with Gasteiger partial charge in [0.25, 0.3) is 11.6 Å². The van der Waals surface area contributed by atoms with Gasteiger partial charge in [0.2, 0.25) is 0 Å². The van der Waals surface area contributed by atoms with Gasteiger partial charge in [-0.3, -0.25) is 14.9 Å². The van der Waals surface area contributed by atoms with E-state index in [0.717, 1.165) is 0 Å². The number of benzene rings is 1. The van der Waals surface area contributed by atoms with Crippen LogP contribution in [-0.4, -0.2) is 46.4 Å². The third-order valence-electron chi connectivity index (χ3n) is 3.27. The van der Waals surface area contributed by atoms with Gasteiger partial charge in [0.1, 0.15) is 5.56 Å². The predicted molar refractivity (Wildman–Crippen MR) is 78.7 cm³/mol. The molecule has 1 amide bonds. The molecule has 0 aromatic heterocycles. The van der Waals surface area contributed by atoms with Crippen LogP contribution in [-0.2, 0) is 4.74 Å². The second kappa shape index (κ2) is 5.99. The summed E-state index contributed by atoms with van der Waals surface area (Å²) in [6.45, 7) is 4.43. The number of carbonyl (C=O) groups is 1. The van der Waals surface area contributed by atoms with E-state index in [2.05, 4.69) is 0 Å². The van der Waals surface area contributed by atoms with Crippen molar-refractivity contribution in [1.82, 2.24) is 4.90 Å². The van der Waals surface area contributed by atoms with Crippen LogP contribution in [0.4, 0.5) is 5.69 Å². The monoisotopic (exact) mass is 312 g/mol. The molecular weight excluding hydrogens is 296 g/mol. The van der Waals surface area contributed by atoms with Gasteiger partial charge in [0.15, 0.2) is 0 Å². The van der Waals surface area contributed by atoms with Gasteiger partial charge in [0, 0.05) is 19.2 Å². The van der Waals surface area contributed by atoms with Crippen LogP contribution >= 0.6 is 11.6 Å². The number of carbonyl (C=O) groups excluding carboxylic acids is 1. The molecule has 21 heavy (non-hydrogen) atoms. The number of para-hydroxylation sites is 1. The normalized spacial score (nSPS) is 21.1. The van der Waals surface area contributed by atoms with E-state index in [0.29, 0.717) is 13.1 Å². The number of morpholine rings is 1. The van der Waals surface area contributed by atoms with Gasteiger partial charge < -0.3 is 9.64 Å². The number of halogens is 1. The Hall–Kier alpha value is -1.66. The molecule has 0 aliphatic carbocycles. The number of ether oxygens (including phenoxy) is 1. The Balaban J connectivity index is 2.29. The van der Waals surface area contributed by atoms with Crippen molar-refractivity contribution in [1.29, 1.82) is 0 Å². The molecule has 0 radical (unpaired) electrons. The van der Waals surface area contributed by atoms with E-state index in [4.69, 9.17) is 16.3 Å². The molecular formula is C14H17ClN2O4. The lowest BCUT2D eigenvalue weighted by Crippen LogP contribution is -2.55. The molecule has 1 fully saturated rings. The Morgan fingerprint density at radius 2 is 2.19 bits per heavy atom. The smallest absolute Gasteiger partial charge is 0.282 e. The molecule has 6 nitrogen and oxygen atoms in total. The fraction of sp³-hybridized carbons (Fsp3) is 0.500. The van der Waals surface area contributed by atoms with Gasteiger partial charge in [-0.1, -0.05) is 12.1 Å². The molecule has 1 aromatic rings. The summed E-state index contributed by atoms with van der Waals surface area (Å²) in [7, 11) is 0. The summed E-state index contributed by atoms with van der Waals surface area (Å²) in [4.78, 5) is 24.7. The fourth-order valence-corrected chi connectivity index (χ4v) is 2.68. The van der Waals surface area contributed by atoms with E-state index in [1.54, 1.807) is 17.0 Å². The Labute approximate surface area is 127 Å². The molecule has 0 saturated carbocycles. The van der Waals surface area contributed by atoms with Crippen LogP contribution in [0.3, 0.4) is 0 Å². The van der Waals surface area contributed by atoms with Crippen molar-refractivity contribution in [2.75, 3.05) is 19.0 Å². The van der Waals surface area contributed by atoms with Crippen LogP contribution in [0.2, 0.25) is 0 Å². The van der Waals surface area contributed by atoms with Gasteiger partial charge in [-0.2, -0.15) is 0 Å². The van der Waals surface area contributed by atoms with Crippen LogP contribution in [0, 0.1) is 10.1 Å². The topological polar surface area (TPSA) is 72.7 Å². The number of hydrogen-bond donors (Lipinski definition) is 0. The first-order chi connectivity index (χ1) is 9.84. The SMILES string of the molecule is CC1(C)CN(C(=O)c2ccccc2[N+](=O)[O-])CC(CCl)O1. The number of nitro benzene ring substituents is 1. The summed E-state index contributed by atoms with van der Waals surface area (Å²) < 4.78 is 5.76. The lowest BCUT2D eigenvalue weighted by Gasteiger charge is -2.42. The first-order valence-electron chi connectivity index (χ1n) is 6.60. The molecule has 7 heteroatoms. The lowest BCUT2D eigenvalue weighted by atomic mass is 10.0. The minimum Gasteiger partial charge on any atom is -0.367 e. The Kier molecular flexibility index (Phi) is 4.49. The van der Waals surface area contributed by atoms with Crippen molar-refractivity contribution in [3.05, 3.63) is 39.9 Å². The van der Waals surface area contributed by atoms with E-state index in [1.165, 1.54) is 12.1 Å². The van der Waals surface area contributed by atoms with Crippen LogP contribution in [0.1, 0.15) is 24.2 Å². The van der Waals surface area contributed by atoms with Crippen LogP contribution in [0.15, 0.2) is 24.3 Å². The zero-order valence-electron chi connectivity index (χ0n) is 11.9. The van der Waals surface area contributed by atoms with E-state index >= 15 is 0 Å². The van der Waals surface area contributed by atoms with E-state index in [1.807, 2.05) is 13.8 Å². The second-order valence-corrected chi connectivity index (χ2v) is 5.92. The molecule has 1 atom stereocenters. The third-order valence-corrected chi connectivity index (χ3v) is 3.62. The van der Waals surface area contributed by atoms with Gasteiger partial charge in [-0.25, -0.2) is 0 Å². The Morgan fingerprint density at radius 1 is 1.52 bits per heavy atom. The average Bonchev–Trinajstić information content (AvgIpc) is 2.44. The Bertz CT molecular complexity index is 562. The van der Waals surface area contributed by atoms with Gasteiger partial charge in [-0.05, 0) is 19.9 Å². The van der Waals surface area contributed by atoms with Crippen molar-refractivity contribution >= 4 is 23.2 Å². The van der Waals surface area contributed by atoms with Gasteiger partial charge in [0.05, 0.1) is 22.5 Å². The minimum absolute atomic E-state index is 0.0912. The highest BCUT2D eigenvalue weighted by molar-refractivity contribution is 6.18. The molecule has 1 aliphatic rings. The number of rotatable bonds is 3. The van der Waals surface area contributed by atoms with Crippen LogP contribution in [0.25, 0.3) is 0 Å². The van der Waals surface area contributed by atoms with E-state index < -0.39 is 10.5 Å². The molecule has 1 heterocycles. The summed E-state index contributed by atoms with van der Waals surface area (Å²) in [5.74, 6) is -0.0989. The number of amides is 1. The number of hydrogen-bond acceptors (Lipinski definition) is 4.